The number of hydrogen-bond donors (Lipinski definition) is 2. The van der Waals surface area contributed by atoms with E-state index in [1.54, 1.807) is 6.07 Å². The van der Waals surface area contributed by atoms with Gasteiger partial charge in [-0.15, -0.1) is 0 Å². The molecule has 2 N–H and O–H groups in total. The molecule has 0 aromatic heterocycles. The molecule has 2 heterocycles. The fraction of sp³-hybridized carbons (Fsp3) is 0.444. The molecule has 0 saturated carbocycles. The van der Waals surface area contributed by atoms with Gasteiger partial charge in [-0.3, -0.25) is 5.32 Å². The van der Waals surface area contributed by atoms with E-state index in [0.717, 1.165) is 42.7 Å². The van der Waals surface area contributed by atoms with Crippen molar-refractivity contribution in [3.63, 3.8) is 0 Å². The molecule has 2 aromatic rings. The first-order valence-electron chi connectivity index (χ1n) is 12.0. The molecule has 1 amide bonds. The van der Waals surface area contributed by atoms with Gasteiger partial charge in [-0.2, -0.15) is 0 Å². The number of carbonyl (C=O) groups excluding carboxylic acids is 1. The van der Waals surface area contributed by atoms with Crippen LogP contribution in [0.1, 0.15) is 54.8 Å². The number of nitrogens with one attached hydrogen (secondary N) is 1. The van der Waals surface area contributed by atoms with E-state index in [-0.39, 0.29) is 25.4 Å². The number of aliphatic hydroxyl groups excluding tert-OH is 1. The summed E-state index contributed by atoms with van der Waals surface area (Å²) in [7, 11) is 0. The van der Waals surface area contributed by atoms with Crippen molar-refractivity contribution in [1.82, 2.24) is 4.90 Å². The maximum atomic E-state index is 12.0. The van der Waals surface area contributed by atoms with Crippen LogP contribution in [0.3, 0.4) is 0 Å². The Kier molecular flexibility index (Phi) is 8.71. The maximum absolute atomic E-state index is 12.0. The second-order valence-corrected chi connectivity index (χ2v) is 8.85. The molecular weight excluding hydrogens is 432 g/mol. The van der Waals surface area contributed by atoms with E-state index >= 15 is 0 Å². The van der Waals surface area contributed by atoms with Crippen LogP contribution >= 0.6 is 0 Å². The van der Waals surface area contributed by atoms with E-state index < -0.39 is 12.4 Å². The quantitative estimate of drug-likeness (QED) is 0.536. The molecule has 2 saturated heterocycles. The van der Waals surface area contributed by atoms with E-state index in [1.807, 2.05) is 42.5 Å². The van der Waals surface area contributed by atoms with Gasteiger partial charge in [-0.1, -0.05) is 55.5 Å². The van der Waals surface area contributed by atoms with Gasteiger partial charge in [0.2, 0.25) is 0 Å². The lowest BCUT2D eigenvalue weighted by atomic mass is 9.99. The average molecular weight is 467 g/mol. The first-order chi connectivity index (χ1) is 16.6. The van der Waals surface area contributed by atoms with Crippen LogP contribution in [-0.2, 0) is 20.8 Å². The minimum Gasteiger partial charge on any atom is -0.445 e. The summed E-state index contributed by atoms with van der Waals surface area (Å²) in [6.07, 6.45) is 4.84. The van der Waals surface area contributed by atoms with Gasteiger partial charge in [0, 0.05) is 24.2 Å². The molecular formula is C27H34N2O5. The van der Waals surface area contributed by atoms with Crippen LogP contribution in [-0.4, -0.2) is 48.4 Å². The van der Waals surface area contributed by atoms with Gasteiger partial charge in [-0.25, -0.2) is 4.79 Å². The van der Waals surface area contributed by atoms with Gasteiger partial charge in [0.1, 0.15) is 6.61 Å². The van der Waals surface area contributed by atoms with Gasteiger partial charge >= 0.3 is 6.09 Å². The Hall–Kier alpha value is -2.71. The highest BCUT2D eigenvalue weighted by Gasteiger charge is 2.33. The summed E-state index contributed by atoms with van der Waals surface area (Å²) in [5.41, 5.74) is 3.39. The van der Waals surface area contributed by atoms with E-state index in [0.29, 0.717) is 5.69 Å². The van der Waals surface area contributed by atoms with Crippen LogP contribution in [0.2, 0.25) is 0 Å². The Balaban J connectivity index is 1.51. The van der Waals surface area contributed by atoms with E-state index in [4.69, 9.17) is 14.2 Å². The van der Waals surface area contributed by atoms with Crippen LogP contribution in [0.15, 0.2) is 61.2 Å². The maximum Gasteiger partial charge on any atom is 0.411 e. The zero-order valence-corrected chi connectivity index (χ0v) is 19.5. The lowest BCUT2D eigenvalue weighted by Crippen LogP contribution is -2.41. The van der Waals surface area contributed by atoms with Gasteiger partial charge in [0.25, 0.3) is 0 Å². The second kappa shape index (κ2) is 12.1. The Labute approximate surface area is 201 Å². The summed E-state index contributed by atoms with van der Waals surface area (Å²) in [5, 5.41) is 12.1. The van der Waals surface area contributed by atoms with Crippen molar-refractivity contribution in [2.75, 3.05) is 31.6 Å². The van der Waals surface area contributed by atoms with Crippen LogP contribution in [0.4, 0.5) is 10.5 Å². The molecule has 2 aliphatic rings. The number of likely N-dealkylation sites (tertiary alicyclic amines) is 1. The highest BCUT2D eigenvalue weighted by Crippen LogP contribution is 2.38. The predicted octanol–water partition coefficient (Wildman–Crippen LogP) is 4.94. The van der Waals surface area contributed by atoms with Crippen molar-refractivity contribution in [1.29, 1.82) is 0 Å². The van der Waals surface area contributed by atoms with Gasteiger partial charge in [0.15, 0.2) is 6.29 Å². The molecule has 34 heavy (non-hydrogen) atoms. The molecule has 7 heteroatoms. The highest BCUT2D eigenvalue weighted by molar-refractivity contribution is 5.84. The van der Waals surface area contributed by atoms with Crippen LogP contribution in [0.25, 0.3) is 0 Å². The third kappa shape index (κ3) is 6.67. The summed E-state index contributed by atoms with van der Waals surface area (Å²) < 4.78 is 17.9. The summed E-state index contributed by atoms with van der Waals surface area (Å²) in [4.78, 5) is 14.4. The number of piperidine rings is 1. The summed E-state index contributed by atoms with van der Waals surface area (Å²) in [6.45, 7) is 6.80. The molecule has 2 aromatic carbocycles. The molecule has 0 aliphatic carbocycles. The Morgan fingerprint density at radius 1 is 1.12 bits per heavy atom. The third-order valence-corrected chi connectivity index (χ3v) is 6.26. The van der Waals surface area contributed by atoms with Crippen molar-refractivity contribution < 1.29 is 24.1 Å². The van der Waals surface area contributed by atoms with Crippen molar-refractivity contribution in [3.05, 3.63) is 77.9 Å². The topological polar surface area (TPSA) is 80.3 Å². The first-order valence-corrected chi connectivity index (χ1v) is 12.0. The molecule has 0 spiro atoms. The zero-order chi connectivity index (χ0) is 23.8. The lowest BCUT2D eigenvalue weighted by molar-refractivity contribution is -0.253. The van der Waals surface area contributed by atoms with Crippen molar-refractivity contribution in [2.45, 2.75) is 50.8 Å². The fourth-order valence-electron chi connectivity index (χ4n) is 4.51. The summed E-state index contributed by atoms with van der Waals surface area (Å²) in [5.74, 6) is 0. The number of ether oxygens (including phenoxy) is 3. The van der Waals surface area contributed by atoms with E-state index in [9.17, 15) is 9.90 Å². The molecule has 182 valence electrons. The van der Waals surface area contributed by atoms with Crippen molar-refractivity contribution >= 4 is 11.8 Å². The predicted molar refractivity (Wildman–Crippen MR) is 130 cm³/mol. The molecule has 2 aliphatic heterocycles. The Morgan fingerprint density at radius 2 is 1.91 bits per heavy atom. The number of hydrogen-bond acceptors (Lipinski definition) is 6. The molecule has 2 fully saturated rings. The molecule has 0 radical (unpaired) electrons. The largest absolute Gasteiger partial charge is 0.445 e. The minimum atomic E-state index is -0.558. The van der Waals surface area contributed by atoms with E-state index in [2.05, 4.69) is 16.8 Å². The van der Waals surface area contributed by atoms with Gasteiger partial charge < -0.3 is 24.2 Å². The average Bonchev–Trinajstić information content (AvgIpc) is 2.88. The smallest absolute Gasteiger partial charge is 0.411 e. The molecule has 0 unspecified atom stereocenters. The monoisotopic (exact) mass is 466 g/mol. The molecule has 7 nitrogen and oxygen atoms in total. The zero-order valence-electron chi connectivity index (χ0n) is 19.5. The van der Waals surface area contributed by atoms with Crippen LogP contribution in [0.5, 0.6) is 0 Å². The van der Waals surface area contributed by atoms with Gasteiger partial charge in [0.05, 0.1) is 18.8 Å². The normalized spacial score (nSPS) is 23.3. The lowest BCUT2D eigenvalue weighted by Gasteiger charge is -2.39. The van der Waals surface area contributed by atoms with Crippen molar-refractivity contribution in [3.8, 4) is 0 Å². The summed E-state index contributed by atoms with van der Waals surface area (Å²) >= 11 is 0. The fourth-order valence-corrected chi connectivity index (χ4v) is 4.51. The third-order valence-electron chi connectivity index (χ3n) is 6.26. The first kappa shape index (κ1) is 24.4. The van der Waals surface area contributed by atoms with Crippen LogP contribution in [0, 0.1) is 0 Å². The molecule has 4 rings (SSSR count). The number of amides is 1. The minimum absolute atomic E-state index is 0.0180. The standard InChI is InChI=1S/C27H34N2O5/c1-2-15-32-27(31)28-23-8-6-7-22(16-23)26-33-24(18-29-13-4-3-5-14-29)17-25(34-26)21-11-9-20(19-30)10-12-21/h2,6-12,16,24-26,30H,1,3-5,13-15,17-19H2,(H,28,31)/t24-,25+,26+/m0/s1. The summed E-state index contributed by atoms with van der Waals surface area (Å²) in [6, 6.07) is 15.4. The van der Waals surface area contributed by atoms with Gasteiger partial charge in [-0.05, 0) is 49.2 Å². The number of nitrogens with zero attached hydrogens (tertiary/aromatic N) is 1. The SMILES string of the molecule is C=CCOC(=O)Nc1cccc([C@@H]2O[C@H](CN3CCCCC3)C[C@H](c3ccc(CO)cc3)O2)c1. The molecule has 0 bridgehead atoms. The number of carbonyl (C=O) groups is 1. The number of benzene rings is 2. The number of anilines is 1. The Bertz CT molecular complexity index is 942. The molecule has 3 atom stereocenters. The number of aliphatic hydroxyl groups is 1. The Morgan fingerprint density at radius 3 is 2.65 bits per heavy atom. The van der Waals surface area contributed by atoms with Crippen LogP contribution < -0.4 is 5.32 Å². The highest BCUT2D eigenvalue weighted by atomic mass is 16.7. The number of rotatable bonds is 8. The van der Waals surface area contributed by atoms with Crippen molar-refractivity contribution in [2.24, 2.45) is 0 Å². The second-order valence-electron chi connectivity index (χ2n) is 8.85. The van der Waals surface area contributed by atoms with E-state index in [1.165, 1.54) is 25.3 Å².